The standard InChI is InChI=1S/C28H35N4O/c1-2-3-4-5-8-15-29-16-11-26(12-17-29)27-13-18-32(19-14-27)28(33)23-31-21-20-30(24-31)22-25-9-6-7-10-25/h6-7,9-14,16-21,24-25H,2-5,8,15,22-23H2,1H3/q+3. The van der Waals surface area contributed by atoms with Gasteiger partial charge in [0.05, 0.1) is 6.54 Å². The number of pyridine rings is 2. The van der Waals surface area contributed by atoms with Gasteiger partial charge >= 0.3 is 5.91 Å². The molecule has 0 amide bonds. The van der Waals surface area contributed by atoms with Crippen molar-refractivity contribution < 1.29 is 18.5 Å². The van der Waals surface area contributed by atoms with Crippen LogP contribution in [0.2, 0.25) is 0 Å². The van der Waals surface area contributed by atoms with Gasteiger partial charge in [-0.1, -0.05) is 50.5 Å². The van der Waals surface area contributed by atoms with Crippen molar-refractivity contribution in [1.29, 1.82) is 0 Å². The first-order valence-electron chi connectivity index (χ1n) is 12.1. The molecular weight excluding hydrogens is 408 g/mol. The molecular formula is C28H35N4O+3. The van der Waals surface area contributed by atoms with Crippen LogP contribution in [0.1, 0.15) is 43.8 Å². The molecule has 5 nitrogen and oxygen atoms in total. The predicted molar refractivity (Wildman–Crippen MR) is 128 cm³/mol. The highest BCUT2D eigenvalue weighted by atomic mass is 16.2. The molecule has 3 aromatic rings. The van der Waals surface area contributed by atoms with E-state index >= 15 is 0 Å². The van der Waals surface area contributed by atoms with Crippen LogP contribution in [0.3, 0.4) is 0 Å². The minimum absolute atomic E-state index is 0.0407. The molecule has 0 saturated carbocycles. The molecule has 0 fully saturated rings. The normalized spacial score (nSPS) is 13.1. The van der Waals surface area contributed by atoms with Crippen LogP contribution in [0.25, 0.3) is 11.1 Å². The van der Waals surface area contributed by atoms with Gasteiger partial charge in [0.1, 0.15) is 18.9 Å². The van der Waals surface area contributed by atoms with Gasteiger partial charge in [0.15, 0.2) is 24.8 Å². The maximum Gasteiger partial charge on any atom is 0.433 e. The van der Waals surface area contributed by atoms with Crippen molar-refractivity contribution >= 4 is 5.91 Å². The molecule has 0 N–H and O–H groups in total. The fourth-order valence-electron chi connectivity index (χ4n) is 4.20. The fourth-order valence-corrected chi connectivity index (χ4v) is 4.20. The topological polar surface area (TPSA) is 33.6 Å². The first-order chi connectivity index (χ1) is 16.2. The van der Waals surface area contributed by atoms with E-state index in [1.165, 1.54) is 37.7 Å². The first kappa shape index (κ1) is 22.8. The van der Waals surface area contributed by atoms with E-state index in [9.17, 15) is 4.79 Å². The molecule has 0 aliphatic heterocycles. The van der Waals surface area contributed by atoms with Crippen molar-refractivity contribution in [3.8, 4) is 11.1 Å². The van der Waals surface area contributed by atoms with Crippen molar-refractivity contribution in [3.63, 3.8) is 0 Å². The summed E-state index contributed by atoms with van der Waals surface area (Å²) in [5.41, 5.74) is 2.28. The quantitative estimate of drug-likeness (QED) is 0.325. The maximum atomic E-state index is 12.7. The number of unbranched alkanes of at least 4 members (excludes halogenated alkanes) is 4. The number of imidazole rings is 1. The number of hydrogen-bond acceptors (Lipinski definition) is 1. The molecule has 1 aliphatic carbocycles. The summed E-state index contributed by atoms with van der Waals surface area (Å²) in [4.78, 5) is 12.7. The van der Waals surface area contributed by atoms with Gasteiger partial charge in [-0.3, -0.25) is 0 Å². The van der Waals surface area contributed by atoms with Gasteiger partial charge in [-0.2, -0.15) is 0 Å². The molecule has 0 bridgehead atoms. The summed E-state index contributed by atoms with van der Waals surface area (Å²) in [5.74, 6) is 0.473. The van der Waals surface area contributed by atoms with Gasteiger partial charge < -0.3 is 0 Å². The minimum Gasteiger partial charge on any atom is -0.236 e. The van der Waals surface area contributed by atoms with Crippen LogP contribution in [0.5, 0.6) is 0 Å². The first-order valence-corrected chi connectivity index (χ1v) is 12.1. The molecule has 4 rings (SSSR count). The number of aryl methyl sites for hydroxylation is 1. The molecule has 0 unspecified atom stereocenters. The zero-order valence-corrected chi connectivity index (χ0v) is 19.6. The molecule has 3 heterocycles. The van der Waals surface area contributed by atoms with E-state index in [4.69, 9.17) is 0 Å². The maximum absolute atomic E-state index is 12.7. The lowest BCUT2D eigenvalue weighted by molar-refractivity contribution is -0.704. The minimum atomic E-state index is 0.0407. The number of nitrogens with zero attached hydrogens (tertiary/aromatic N) is 4. The second-order valence-electron chi connectivity index (χ2n) is 8.84. The summed E-state index contributed by atoms with van der Waals surface area (Å²) in [5, 5.41) is 0. The van der Waals surface area contributed by atoms with Crippen LogP contribution < -0.4 is 13.7 Å². The van der Waals surface area contributed by atoms with Crippen LogP contribution in [0.4, 0.5) is 0 Å². The zero-order chi connectivity index (χ0) is 22.9. The SMILES string of the molecule is CCCCCCC[n+]1ccc(-c2cc[n+](C(=O)C[n+]3ccn(CC4C=CC=C4)c3)cc2)cc1. The van der Waals surface area contributed by atoms with Crippen LogP contribution >= 0.6 is 0 Å². The Kier molecular flexibility index (Phi) is 7.96. The third-order valence-electron chi connectivity index (χ3n) is 6.18. The molecule has 1 aliphatic rings. The number of hydrogen-bond donors (Lipinski definition) is 0. The molecule has 33 heavy (non-hydrogen) atoms. The molecule has 0 saturated heterocycles. The number of rotatable bonds is 11. The van der Waals surface area contributed by atoms with Crippen LogP contribution in [0, 0.1) is 5.92 Å². The lowest BCUT2D eigenvalue weighted by atomic mass is 10.1. The van der Waals surface area contributed by atoms with Crippen LogP contribution in [0.15, 0.2) is 92.1 Å². The number of carbonyl (C=O) groups is 1. The molecule has 170 valence electrons. The van der Waals surface area contributed by atoms with Crippen molar-refractivity contribution in [2.45, 2.75) is 58.7 Å². The second-order valence-corrected chi connectivity index (χ2v) is 8.84. The average molecular weight is 444 g/mol. The Morgan fingerprint density at radius 1 is 0.848 bits per heavy atom. The summed E-state index contributed by atoms with van der Waals surface area (Å²) in [6, 6.07) is 8.33. The Balaban J connectivity index is 1.29. The van der Waals surface area contributed by atoms with E-state index < -0.39 is 0 Å². The van der Waals surface area contributed by atoms with Crippen LogP contribution in [-0.2, 0) is 19.6 Å². The van der Waals surface area contributed by atoms with E-state index in [0.29, 0.717) is 12.5 Å². The van der Waals surface area contributed by atoms with Gasteiger partial charge in [-0.25, -0.2) is 18.5 Å². The third-order valence-corrected chi connectivity index (χ3v) is 6.18. The monoisotopic (exact) mass is 443 g/mol. The Labute approximate surface area is 197 Å². The van der Waals surface area contributed by atoms with Gasteiger partial charge in [0.2, 0.25) is 12.9 Å². The highest BCUT2D eigenvalue weighted by Gasteiger charge is 2.19. The number of aromatic nitrogens is 4. The van der Waals surface area contributed by atoms with Crippen molar-refractivity contribution in [3.05, 3.63) is 92.1 Å². The molecule has 0 radical (unpaired) electrons. The van der Waals surface area contributed by atoms with Crippen molar-refractivity contribution in [2.24, 2.45) is 5.92 Å². The smallest absolute Gasteiger partial charge is 0.236 e. The van der Waals surface area contributed by atoms with E-state index in [1.807, 2.05) is 47.8 Å². The van der Waals surface area contributed by atoms with Crippen LogP contribution in [-0.4, -0.2) is 10.5 Å². The van der Waals surface area contributed by atoms with E-state index in [2.05, 4.69) is 64.9 Å². The molecule has 0 atom stereocenters. The van der Waals surface area contributed by atoms with Gasteiger partial charge in [-0.05, 0) is 17.5 Å². The lowest BCUT2D eigenvalue weighted by Gasteiger charge is -2.01. The number of carbonyl (C=O) groups excluding carboxylic acids is 1. The summed E-state index contributed by atoms with van der Waals surface area (Å²) in [6.45, 7) is 4.53. The highest BCUT2D eigenvalue weighted by Crippen LogP contribution is 2.15. The lowest BCUT2D eigenvalue weighted by Crippen LogP contribution is -2.50. The summed E-state index contributed by atoms with van der Waals surface area (Å²) in [6.07, 6.45) is 29.0. The summed E-state index contributed by atoms with van der Waals surface area (Å²) in [7, 11) is 0. The average Bonchev–Trinajstić information content (AvgIpc) is 3.52. The summed E-state index contributed by atoms with van der Waals surface area (Å²) < 4.78 is 7.98. The van der Waals surface area contributed by atoms with E-state index in [1.54, 1.807) is 4.57 Å². The largest absolute Gasteiger partial charge is 0.433 e. The number of allylic oxidation sites excluding steroid dienone is 4. The van der Waals surface area contributed by atoms with E-state index in [-0.39, 0.29) is 5.91 Å². The van der Waals surface area contributed by atoms with Crippen molar-refractivity contribution in [1.82, 2.24) is 4.57 Å². The summed E-state index contributed by atoms with van der Waals surface area (Å²) >= 11 is 0. The second kappa shape index (κ2) is 11.5. The Hall–Kier alpha value is -3.34. The van der Waals surface area contributed by atoms with Gasteiger partial charge in [0, 0.05) is 36.6 Å². The zero-order valence-electron chi connectivity index (χ0n) is 19.6. The molecule has 3 aromatic heterocycles. The molecule has 0 spiro atoms. The highest BCUT2D eigenvalue weighted by molar-refractivity contribution is 5.66. The molecule has 5 heteroatoms. The van der Waals surface area contributed by atoms with E-state index in [0.717, 1.165) is 18.7 Å². The predicted octanol–water partition coefficient (Wildman–Crippen LogP) is 4.07. The Morgan fingerprint density at radius 2 is 1.52 bits per heavy atom. The Bertz CT molecular complexity index is 1080. The van der Waals surface area contributed by atoms with Crippen molar-refractivity contribution in [2.75, 3.05) is 0 Å². The third kappa shape index (κ3) is 6.58. The van der Waals surface area contributed by atoms with Gasteiger partial charge in [-0.15, -0.1) is 4.57 Å². The molecule has 0 aromatic carbocycles. The fraction of sp³-hybridized carbons (Fsp3) is 0.357. The Morgan fingerprint density at radius 3 is 2.21 bits per heavy atom. The van der Waals surface area contributed by atoms with Gasteiger partial charge in [0.25, 0.3) is 0 Å².